The number of amides is 1. The lowest BCUT2D eigenvalue weighted by Crippen LogP contribution is -2.27. The van der Waals surface area contributed by atoms with Crippen molar-refractivity contribution in [2.45, 2.75) is 31.7 Å². The van der Waals surface area contributed by atoms with Gasteiger partial charge in [0.2, 0.25) is 0 Å². The van der Waals surface area contributed by atoms with Crippen molar-refractivity contribution in [1.82, 2.24) is 5.32 Å². The summed E-state index contributed by atoms with van der Waals surface area (Å²) < 4.78 is 39.4. The van der Waals surface area contributed by atoms with Crippen molar-refractivity contribution in [3.63, 3.8) is 0 Å². The number of aryl methyl sites for hydroxylation is 2. The third kappa shape index (κ3) is 5.46. The lowest BCUT2D eigenvalue weighted by molar-refractivity contribution is 0.0939. The molecule has 8 heteroatoms. The fraction of sp³-hybridized carbons (Fsp3) is 0.240. The van der Waals surface area contributed by atoms with E-state index in [0.29, 0.717) is 22.7 Å². The molecule has 0 bridgehead atoms. The smallest absolute Gasteiger partial charge is 0.262 e. The van der Waals surface area contributed by atoms with Gasteiger partial charge in [0.05, 0.1) is 30.8 Å². The molecular weight excluding hydrogens is 440 g/mol. The van der Waals surface area contributed by atoms with Gasteiger partial charge in [0.15, 0.2) is 0 Å². The van der Waals surface area contributed by atoms with E-state index < -0.39 is 22.0 Å². The molecule has 0 aliphatic rings. The SMILES string of the molecule is COc1ccc(OC)c([C@H](C)NC(=O)c2ccc(C)c(S(=O)(=O)Nc3ccccc3C)c2)c1. The number of anilines is 1. The Morgan fingerprint density at radius 2 is 1.64 bits per heavy atom. The highest BCUT2D eigenvalue weighted by atomic mass is 32.2. The second-order valence-corrected chi connectivity index (χ2v) is 9.35. The number of sulfonamides is 1. The van der Waals surface area contributed by atoms with Gasteiger partial charge in [0.25, 0.3) is 15.9 Å². The van der Waals surface area contributed by atoms with Crippen LogP contribution in [0, 0.1) is 13.8 Å². The number of benzene rings is 3. The lowest BCUT2D eigenvalue weighted by Gasteiger charge is -2.19. The van der Waals surface area contributed by atoms with E-state index in [1.54, 1.807) is 63.6 Å². The number of hydrogen-bond donors (Lipinski definition) is 2. The minimum absolute atomic E-state index is 0.0463. The Bertz CT molecular complexity index is 1270. The van der Waals surface area contributed by atoms with E-state index in [2.05, 4.69) is 10.0 Å². The zero-order chi connectivity index (χ0) is 24.2. The van der Waals surface area contributed by atoms with Crippen LogP contribution in [0.1, 0.15) is 40.0 Å². The zero-order valence-corrected chi connectivity index (χ0v) is 20.1. The molecule has 33 heavy (non-hydrogen) atoms. The van der Waals surface area contributed by atoms with Gasteiger partial charge in [-0.2, -0.15) is 0 Å². The average molecular weight is 469 g/mol. The predicted molar refractivity (Wildman–Crippen MR) is 129 cm³/mol. The highest BCUT2D eigenvalue weighted by Gasteiger charge is 2.21. The Labute approximate surface area is 194 Å². The van der Waals surface area contributed by atoms with Crippen LogP contribution < -0.4 is 19.5 Å². The van der Waals surface area contributed by atoms with Crippen molar-refractivity contribution < 1.29 is 22.7 Å². The molecule has 2 N–H and O–H groups in total. The van der Waals surface area contributed by atoms with Crippen molar-refractivity contribution in [3.05, 3.63) is 82.9 Å². The number of nitrogens with one attached hydrogen (secondary N) is 2. The summed E-state index contributed by atoms with van der Waals surface area (Å²) in [5.74, 6) is 0.843. The monoisotopic (exact) mass is 468 g/mol. The molecule has 0 saturated heterocycles. The minimum Gasteiger partial charge on any atom is -0.497 e. The molecule has 174 valence electrons. The normalized spacial score (nSPS) is 12.0. The molecule has 3 rings (SSSR count). The maximum absolute atomic E-state index is 13.1. The first-order chi connectivity index (χ1) is 15.7. The van der Waals surface area contributed by atoms with Gasteiger partial charge in [-0.3, -0.25) is 9.52 Å². The molecule has 0 fully saturated rings. The standard InChI is InChI=1S/C25H28N2O5S/c1-16-8-6-7-9-22(16)27-33(29,30)24-14-19(11-10-17(24)2)25(28)26-18(3)21-15-20(31-4)12-13-23(21)32-5/h6-15,18,27H,1-5H3,(H,26,28)/t18-/m0/s1. The summed E-state index contributed by atoms with van der Waals surface area (Å²) in [7, 11) is -0.772. The van der Waals surface area contributed by atoms with Gasteiger partial charge in [-0.05, 0) is 68.3 Å². The fourth-order valence-corrected chi connectivity index (χ4v) is 4.86. The number of carbonyl (C=O) groups excluding carboxylic acids is 1. The molecular formula is C25H28N2O5S. The molecule has 0 aliphatic heterocycles. The summed E-state index contributed by atoms with van der Waals surface area (Å²) in [6, 6.07) is 16.7. The van der Waals surface area contributed by atoms with E-state index >= 15 is 0 Å². The topological polar surface area (TPSA) is 93.7 Å². The summed E-state index contributed by atoms with van der Waals surface area (Å²) in [6.07, 6.45) is 0. The fourth-order valence-electron chi connectivity index (χ4n) is 3.45. The molecule has 0 radical (unpaired) electrons. The quantitative estimate of drug-likeness (QED) is 0.503. The summed E-state index contributed by atoms with van der Waals surface area (Å²) in [5, 5.41) is 2.91. The molecule has 1 atom stereocenters. The first-order valence-corrected chi connectivity index (χ1v) is 11.9. The van der Waals surface area contributed by atoms with Gasteiger partial charge >= 0.3 is 0 Å². The Hall–Kier alpha value is -3.52. The number of methoxy groups -OCH3 is 2. The van der Waals surface area contributed by atoms with E-state index in [1.807, 2.05) is 26.0 Å². The van der Waals surface area contributed by atoms with E-state index in [1.165, 1.54) is 6.07 Å². The van der Waals surface area contributed by atoms with Crippen LogP contribution in [0.3, 0.4) is 0 Å². The first-order valence-electron chi connectivity index (χ1n) is 10.4. The Morgan fingerprint density at radius 3 is 2.30 bits per heavy atom. The van der Waals surface area contributed by atoms with Crippen molar-refractivity contribution in [2.75, 3.05) is 18.9 Å². The second-order valence-electron chi connectivity index (χ2n) is 7.70. The van der Waals surface area contributed by atoms with Crippen LogP contribution in [0.5, 0.6) is 11.5 Å². The summed E-state index contributed by atoms with van der Waals surface area (Å²) in [6.45, 7) is 5.33. The maximum Gasteiger partial charge on any atom is 0.262 e. The highest BCUT2D eigenvalue weighted by molar-refractivity contribution is 7.92. The van der Waals surface area contributed by atoms with Gasteiger partial charge < -0.3 is 14.8 Å². The van der Waals surface area contributed by atoms with E-state index in [4.69, 9.17) is 9.47 Å². The van der Waals surface area contributed by atoms with Crippen molar-refractivity contribution in [1.29, 1.82) is 0 Å². The van der Waals surface area contributed by atoms with Crippen molar-refractivity contribution in [2.24, 2.45) is 0 Å². The lowest BCUT2D eigenvalue weighted by atomic mass is 10.1. The summed E-state index contributed by atoms with van der Waals surface area (Å²) in [4.78, 5) is 13.0. The van der Waals surface area contributed by atoms with Gasteiger partial charge in [0, 0.05) is 11.1 Å². The molecule has 1 amide bonds. The highest BCUT2D eigenvalue weighted by Crippen LogP contribution is 2.30. The third-order valence-corrected chi connectivity index (χ3v) is 6.89. The number of hydrogen-bond acceptors (Lipinski definition) is 5. The van der Waals surface area contributed by atoms with Gasteiger partial charge in [-0.1, -0.05) is 24.3 Å². The number of carbonyl (C=O) groups is 1. The van der Waals surface area contributed by atoms with Crippen LogP contribution in [0.25, 0.3) is 0 Å². The van der Waals surface area contributed by atoms with Crippen molar-refractivity contribution in [3.8, 4) is 11.5 Å². The maximum atomic E-state index is 13.1. The Kier molecular flexibility index (Phi) is 7.28. The van der Waals surface area contributed by atoms with E-state index in [0.717, 1.165) is 11.1 Å². The molecule has 3 aromatic carbocycles. The Balaban J connectivity index is 1.87. The average Bonchev–Trinajstić information content (AvgIpc) is 2.80. The second kappa shape index (κ2) is 9.95. The molecule has 0 heterocycles. The summed E-state index contributed by atoms with van der Waals surface area (Å²) >= 11 is 0. The summed E-state index contributed by atoms with van der Waals surface area (Å²) in [5.41, 5.74) is 2.81. The van der Waals surface area contributed by atoms with Gasteiger partial charge in [-0.25, -0.2) is 8.42 Å². The molecule has 3 aromatic rings. The molecule has 7 nitrogen and oxygen atoms in total. The third-order valence-electron chi connectivity index (χ3n) is 5.38. The minimum atomic E-state index is -3.89. The van der Waals surface area contributed by atoms with Crippen LogP contribution in [0.15, 0.2) is 65.6 Å². The predicted octanol–water partition coefficient (Wildman–Crippen LogP) is 4.61. The van der Waals surface area contributed by atoms with Crippen LogP contribution in [0.4, 0.5) is 5.69 Å². The van der Waals surface area contributed by atoms with Crippen LogP contribution in [0.2, 0.25) is 0 Å². The van der Waals surface area contributed by atoms with Gasteiger partial charge in [-0.15, -0.1) is 0 Å². The molecule has 0 unspecified atom stereocenters. The van der Waals surface area contributed by atoms with Crippen LogP contribution in [-0.2, 0) is 10.0 Å². The Morgan fingerprint density at radius 1 is 0.909 bits per heavy atom. The number of rotatable bonds is 8. The van der Waals surface area contributed by atoms with E-state index in [-0.39, 0.29) is 10.5 Å². The number of ether oxygens (including phenoxy) is 2. The largest absolute Gasteiger partial charge is 0.497 e. The molecule has 0 spiro atoms. The zero-order valence-electron chi connectivity index (χ0n) is 19.3. The van der Waals surface area contributed by atoms with Crippen LogP contribution in [-0.4, -0.2) is 28.5 Å². The molecule has 0 aliphatic carbocycles. The first kappa shape index (κ1) is 24.1. The molecule has 0 aromatic heterocycles. The van der Waals surface area contributed by atoms with Crippen molar-refractivity contribution >= 4 is 21.6 Å². The molecule has 0 saturated carbocycles. The number of para-hydroxylation sites is 1. The van der Waals surface area contributed by atoms with Gasteiger partial charge in [0.1, 0.15) is 11.5 Å². The van der Waals surface area contributed by atoms with Crippen LogP contribution >= 0.6 is 0 Å². The van der Waals surface area contributed by atoms with E-state index in [9.17, 15) is 13.2 Å².